The van der Waals surface area contributed by atoms with Crippen LogP contribution < -0.4 is 14.9 Å². The maximum atomic E-state index is 13.5. The van der Waals surface area contributed by atoms with E-state index in [4.69, 9.17) is 13.9 Å². The zero-order valence-electron chi connectivity index (χ0n) is 19.7. The topological polar surface area (TPSA) is 69.0 Å². The van der Waals surface area contributed by atoms with Crippen molar-refractivity contribution in [1.82, 2.24) is 4.90 Å². The third-order valence-electron chi connectivity index (χ3n) is 5.95. The van der Waals surface area contributed by atoms with Gasteiger partial charge >= 0.3 is 0 Å². The molecule has 0 saturated heterocycles. The van der Waals surface area contributed by atoms with Gasteiger partial charge in [0.25, 0.3) is 5.91 Å². The zero-order chi connectivity index (χ0) is 23.5. The average molecular weight is 450 g/mol. The minimum absolute atomic E-state index is 0.138. The smallest absolute Gasteiger partial charge is 0.290 e. The fourth-order valence-corrected chi connectivity index (χ4v) is 4.31. The Balaban J connectivity index is 1.83. The lowest BCUT2D eigenvalue weighted by molar-refractivity contribution is 0.0724. The van der Waals surface area contributed by atoms with Crippen LogP contribution in [-0.2, 0) is 0 Å². The Hall–Kier alpha value is -3.28. The molecule has 2 heterocycles. The van der Waals surface area contributed by atoms with Crippen LogP contribution in [0.25, 0.3) is 11.0 Å². The molecule has 0 radical (unpaired) electrons. The van der Waals surface area contributed by atoms with Crippen LogP contribution in [-0.4, -0.2) is 31.1 Å². The van der Waals surface area contributed by atoms with Crippen LogP contribution in [0.5, 0.6) is 11.5 Å². The molecule has 0 saturated carbocycles. The summed E-state index contributed by atoms with van der Waals surface area (Å²) < 4.78 is 17.5. The van der Waals surface area contributed by atoms with Crippen LogP contribution in [0.2, 0.25) is 0 Å². The molecule has 4 rings (SSSR count). The van der Waals surface area contributed by atoms with Gasteiger partial charge in [-0.3, -0.25) is 9.59 Å². The van der Waals surface area contributed by atoms with Crippen LogP contribution in [0.1, 0.15) is 67.8 Å². The van der Waals surface area contributed by atoms with Crippen LogP contribution >= 0.6 is 0 Å². The second kappa shape index (κ2) is 9.69. The summed E-state index contributed by atoms with van der Waals surface area (Å²) in [5.41, 5.74) is 1.46. The van der Waals surface area contributed by atoms with E-state index in [1.807, 2.05) is 18.2 Å². The van der Waals surface area contributed by atoms with Crippen molar-refractivity contribution >= 4 is 16.9 Å². The molecular weight excluding hydrogens is 418 g/mol. The lowest BCUT2D eigenvalue weighted by Gasteiger charge is -2.26. The van der Waals surface area contributed by atoms with Gasteiger partial charge < -0.3 is 18.8 Å². The Morgan fingerprint density at radius 2 is 1.85 bits per heavy atom. The number of fused-ring (bicyclic) bond motifs is 2. The van der Waals surface area contributed by atoms with E-state index in [-0.39, 0.29) is 17.1 Å². The standard InChI is InChI=1S/C27H31NO5/c1-5-6-9-14-28-24(18-12-13-21(22(15-18)31-4)32-16-17(2)3)23-25(29)19-10-7-8-11-20(19)33-26(23)27(28)30/h7-8,10-13,15,17,24H,5-6,9,14,16H2,1-4H3. The lowest BCUT2D eigenvalue weighted by atomic mass is 9.98. The fourth-order valence-electron chi connectivity index (χ4n) is 4.31. The van der Waals surface area contributed by atoms with E-state index in [2.05, 4.69) is 20.8 Å². The summed E-state index contributed by atoms with van der Waals surface area (Å²) in [6, 6.07) is 12.2. The second-order valence-electron chi connectivity index (χ2n) is 8.89. The molecule has 6 nitrogen and oxygen atoms in total. The third-order valence-corrected chi connectivity index (χ3v) is 5.95. The first kappa shape index (κ1) is 22.9. The average Bonchev–Trinajstić information content (AvgIpc) is 3.09. The van der Waals surface area contributed by atoms with E-state index in [1.165, 1.54) is 0 Å². The summed E-state index contributed by atoms with van der Waals surface area (Å²) in [5.74, 6) is 1.49. The van der Waals surface area contributed by atoms with E-state index >= 15 is 0 Å². The first-order chi connectivity index (χ1) is 16.0. The molecule has 33 heavy (non-hydrogen) atoms. The highest BCUT2D eigenvalue weighted by atomic mass is 16.5. The Labute approximate surface area is 194 Å². The molecule has 174 valence electrons. The van der Waals surface area contributed by atoms with Gasteiger partial charge in [0, 0.05) is 6.54 Å². The zero-order valence-corrected chi connectivity index (χ0v) is 19.7. The number of para-hydroxylation sites is 1. The van der Waals surface area contributed by atoms with E-state index in [0.29, 0.717) is 47.1 Å². The number of carbonyl (C=O) groups excluding carboxylic acids is 1. The minimum atomic E-state index is -0.529. The molecule has 1 atom stereocenters. The van der Waals surface area contributed by atoms with Gasteiger partial charge in [0.1, 0.15) is 5.58 Å². The Morgan fingerprint density at radius 1 is 1.06 bits per heavy atom. The van der Waals surface area contributed by atoms with Crippen molar-refractivity contribution in [1.29, 1.82) is 0 Å². The molecule has 1 amide bonds. The van der Waals surface area contributed by atoms with Crippen LogP contribution in [0.15, 0.2) is 51.7 Å². The normalized spacial score (nSPS) is 15.4. The quantitative estimate of drug-likeness (QED) is 0.399. The molecule has 0 spiro atoms. The Bertz CT molecular complexity index is 1210. The molecule has 0 aliphatic carbocycles. The molecule has 0 N–H and O–H groups in total. The summed E-state index contributed by atoms with van der Waals surface area (Å²) in [5, 5.41) is 0.480. The van der Waals surface area contributed by atoms with E-state index in [9.17, 15) is 9.59 Å². The molecule has 3 aromatic rings. The summed E-state index contributed by atoms with van der Waals surface area (Å²) in [6.07, 6.45) is 2.89. The van der Waals surface area contributed by atoms with Crippen molar-refractivity contribution < 1.29 is 18.7 Å². The molecule has 1 aliphatic rings. The predicted octanol–water partition coefficient (Wildman–Crippen LogP) is 5.57. The molecule has 2 aromatic carbocycles. The summed E-state index contributed by atoms with van der Waals surface area (Å²) >= 11 is 0. The van der Waals surface area contributed by atoms with Crippen LogP contribution in [0.3, 0.4) is 0 Å². The number of hydrogen-bond acceptors (Lipinski definition) is 5. The molecule has 1 aromatic heterocycles. The van der Waals surface area contributed by atoms with Gasteiger partial charge in [0.05, 0.1) is 30.7 Å². The maximum Gasteiger partial charge on any atom is 0.290 e. The van der Waals surface area contributed by atoms with E-state index in [1.54, 1.807) is 36.3 Å². The highest BCUT2D eigenvalue weighted by molar-refractivity contribution is 5.99. The van der Waals surface area contributed by atoms with Gasteiger partial charge in [-0.15, -0.1) is 0 Å². The number of benzene rings is 2. The van der Waals surface area contributed by atoms with E-state index < -0.39 is 6.04 Å². The van der Waals surface area contributed by atoms with Crippen molar-refractivity contribution in [3.8, 4) is 11.5 Å². The number of methoxy groups -OCH3 is 1. The summed E-state index contributed by atoms with van der Waals surface area (Å²) in [4.78, 5) is 28.7. The van der Waals surface area contributed by atoms with Crippen molar-refractivity contribution in [2.75, 3.05) is 20.3 Å². The molecule has 6 heteroatoms. The molecule has 0 bridgehead atoms. The SMILES string of the molecule is CCCCCN1C(=O)c2oc3ccccc3c(=O)c2C1c1ccc(OCC(C)C)c(OC)c1. The van der Waals surface area contributed by atoms with Gasteiger partial charge in [0.15, 0.2) is 16.9 Å². The Kier molecular flexibility index (Phi) is 6.72. The van der Waals surface area contributed by atoms with Crippen molar-refractivity contribution in [3.63, 3.8) is 0 Å². The van der Waals surface area contributed by atoms with Crippen molar-refractivity contribution in [3.05, 3.63) is 69.6 Å². The maximum absolute atomic E-state index is 13.5. The van der Waals surface area contributed by atoms with Crippen molar-refractivity contribution in [2.45, 2.75) is 46.1 Å². The molecule has 1 aliphatic heterocycles. The van der Waals surface area contributed by atoms with Gasteiger partial charge in [-0.2, -0.15) is 0 Å². The van der Waals surface area contributed by atoms with Gasteiger partial charge in [-0.05, 0) is 42.2 Å². The summed E-state index contributed by atoms with van der Waals surface area (Å²) in [6.45, 7) is 7.40. The minimum Gasteiger partial charge on any atom is -0.493 e. The highest BCUT2D eigenvalue weighted by Crippen LogP contribution is 2.41. The number of rotatable bonds is 9. The number of hydrogen-bond donors (Lipinski definition) is 0. The number of amides is 1. The summed E-state index contributed by atoms with van der Waals surface area (Å²) in [7, 11) is 1.59. The monoisotopic (exact) mass is 449 g/mol. The Morgan fingerprint density at radius 3 is 2.58 bits per heavy atom. The van der Waals surface area contributed by atoms with Gasteiger partial charge in [0.2, 0.25) is 5.76 Å². The van der Waals surface area contributed by atoms with Gasteiger partial charge in [-0.1, -0.05) is 51.8 Å². The van der Waals surface area contributed by atoms with Gasteiger partial charge in [-0.25, -0.2) is 0 Å². The number of ether oxygens (including phenoxy) is 2. The number of nitrogens with zero attached hydrogens (tertiary/aromatic N) is 1. The van der Waals surface area contributed by atoms with E-state index in [0.717, 1.165) is 24.8 Å². The van der Waals surface area contributed by atoms with Crippen molar-refractivity contribution in [2.24, 2.45) is 5.92 Å². The first-order valence-electron chi connectivity index (χ1n) is 11.6. The number of unbranched alkanes of at least 4 members (excludes halogenated alkanes) is 2. The first-order valence-corrected chi connectivity index (χ1v) is 11.6. The molecule has 1 unspecified atom stereocenters. The lowest BCUT2D eigenvalue weighted by Crippen LogP contribution is -2.30. The predicted molar refractivity (Wildman–Crippen MR) is 128 cm³/mol. The fraction of sp³-hybridized carbons (Fsp3) is 0.407. The second-order valence-corrected chi connectivity index (χ2v) is 8.89. The third kappa shape index (κ3) is 4.34. The van der Waals surface area contributed by atoms with Crippen LogP contribution in [0, 0.1) is 5.92 Å². The molecule has 0 fully saturated rings. The number of carbonyl (C=O) groups is 1. The highest BCUT2D eigenvalue weighted by Gasteiger charge is 2.42. The van der Waals surface area contributed by atoms with Crippen LogP contribution in [0.4, 0.5) is 0 Å². The molecular formula is C27H31NO5. The largest absolute Gasteiger partial charge is 0.493 e.